The summed E-state index contributed by atoms with van der Waals surface area (Å²) in [5, 5.41) is 16.1. The molecule has 0 amide bonds. The second-order valence-electron chi connectivity index (χ2n) is 5.23. The Morgan fingerprint density at radius 2 is 1.48 bits per heavy atom. The Labute approximate surface area is 141 Å². The maximum absolute atomic E-state index is 10.5. The molecular weight excluding hydrogens is 356 g/mol. The number of aldehydes is 1. The molecule has 0 unspecified atom stereocenters. The number of nitrogens with zero attached hydrogens (tertiary/aromatic N) is 2. The molecule has 2 aromatic heterocycles. The van der Waals surface area contributed by atoms with E-state index in [9.17, 15) is 4.79 Å². The zero-order chi connectivity index (χ0) is 16.4. The van der Waals surface area contributed by atoms with E-state index in [1.165, 1.54) is 5.39 Å². The van der Waals surface area contributed by atoms with Gasteiger partial charge in [0, 0.05) is 20.8 Å². The molecule has 0 spiro atoms. The molecule has 0 aliphatic rings. The van der Waals surface area contributed by atoms with E-state index >= 15 is 0 Å². The van der Waals surface area contributed by atoms with Gasteiger partial charge < -0.3 is 0 Å². The maximum Gasteiger partial charge on any atom is 0.150 e. The number of halogens is 1. The first-order valence-corrected chi connectivity index (χ1v) is 7.88. The zero-order valence-corrected chi connectivity index (χ0v) is 14.3. The van der Waals surface area contributed by atoms with E-state index in [2.05, 4.69) is 42.4 Å². The van der Waals surface area contributed by atoms with E-state index in [1.54, 1.807) is 6.07 Å². The van der Waals surface area contributed by atoms with Crippen molar-refractivity contribution in [3.05, 3.63) is 57.8 Å². The van der Waals surface area contributed by atoms with Crippen LogP contribution >= 0.6 is 15.9 Å². The number of aromatic amines is 2. The average molecular weight is 371 g/mol. The van der Waals surface area contributed by atoms with Crippen LogP contribution in [0, 0.1) is 13.8 Å². The van der Waals surface area contributed by atoms with Crippen molar-refractivity contribution in [3.8, 4) is 0 Å². The molecule has 116 valence electrons. The summed E-state index contributed by atoms with van der Waals surface area (Å²) >= 11 is 3.41. The first-order chi connectivity index (χ1) is 11.1. The molecule has 0 aliphatic carbocycles. The Kier molecular flexibility index (Phi) is 4.25. The lowest BCUT2D eigenvalue weighted by molar-refractivity contribution is 0.112. The summed E-state index contributed by atoms with van der Waals surface area (Å²) < 4.78 is 1.09. The Balaban J connectivity index is 0.000000136. The number of carbonyl (C=O) groups is 1. The van der Waals surface area contributed by atoms with Crippen molar-refractivity contribution in [3.63, 3.8) is 0 Å². The number of aryl methyl sites for hydroxylation is 2. The Bertz CT molecular complexity index is 987. The predicted octanol–water partition coefficient (Wildman–Crippen LogP) is 4.32. The molecular formula is C17H15BrN4O. The van der Waals surface area contributed by atoms with Gasteiger partial charge in [0.25, 0.3) is 0 Å². The van der Waals surface area contributed by atoms with Gasteiger partial charge in [0.05, 0.1) is 22.4 Å². The minimum absolute atomic E-state index is 0.687. The minimum Gasteiger partial charge on any atom is -0.298 e. The van der Waals surface area contributed by atoms with Crippen LogP contribution in [0.3, 0.4) is 0 Å². The summed E-state index contributed by atoms with van der Waals surface area (Å²) in [4.78, 5) is 10.5. The normalized spacial score (nSPS) is 10.6. The Morgan fingerprint density at radius 3 is 2.09 bits per heavy atom. The Hall–Kier alpha value is -2.47. The maximum atomic E-state index is 10.5. The highest BCUT2D eigenvalue weighted by Gasteiger charge is 2.01. The topological polar surface area (TPSA) is 74.4 Å². The fourth-order valence-corrected chi connectivity index (χ4v) is 2.72. The standard InChI is InChI=1S/C9H8N2O.C8H7BrN2/c1-6-8-4-7(5-12)2-3-9(8)11-10-6;1-5-7-4-6(9)2-3-8(7)11-10-5/h2-5H,1H3,(H,10,11);2-4H,1H3,(H,10,11). The van der Waals surface area contributed by atoms with Gasteiger partial charge in [-0.2, -0.15) is 10.2 Å². The van der Waals surface area contributed by atoms with E-state index in [4.69, 9.17) is 0 Å². The number of fused-ring (bicyclic) bond motifs is 2. The highest BCUT2D eigenvalue weighted by molar-refractivity contribution is 9.10. The average Bonchev–Trinajstić information content (AvgIpc) is 3.11. The molecule has 2 N–H and O–H groups in total. The summed E-state index contributed by atoms with van der Waals surface area (Å²) in [6, 6.07) is 11.5. The van der Waals surface area contributed by atoms with Crippen molar-refractivity contribution in [2.75, 3.05) is 0 Å². The number of benzene rings is 2. The van der Waals surface area contributed by atoms with Gasteiger partial charge >= 0.3 is 0 Å². The first-order valence-electron chi connectivity index (χ1n) is 7.08. The molecule has 4 aromatic rings. The predicted molar refractivity (Wildman–Crippen MR) is 94.7 cm³/mol. The summed E-state index contributed by atoms with van der Waals surface area (Å²) in [5.74, 6) is 0. The van der Waals surface area contributed by atoms with Crippen molar-refractivity contribution >= 4 is 44.0 Å². The molecule has 0 saturated heterocycles. The van der Waals surface area contributed by atoms with Gasteiger partial charge in [-0.15, -0.1) is 0 Å². The SMILES string of the molecule is Cc1n[nH]c2ccc(Br)cc12.Cc1n[nH]c2ccc(C=O)cc12. The molecule has 6 heteroatoms. The summed E-state index contributed by atoms with van der Waals surface area (Å²) in [6.07, 6.45) is 0.839. The molecule has 0 bridgehead atoms. The third-order valence-electron chi connectivity index (χ3n) is 3.63. The molecule has 2 aromatic carbocycles. The highest BCUT2D eigenvalue weighted by Crippen LogP contribution is 2.20. The van der Waals surface area contributed by atoms with Gasteiger partial charge in [0.2, 0.25) is 0 Å². The van der Waals surface area contributed by atoms with Crippen molar-refractivity contribution in [2.24, 2.45) is 0 Å². The molecule has 4 rings (SSSR count). The molecule has 0 saturated carbocycles. The molecule has 0 radical (unpaired) electrons. The van der Waals surface area contributed by atoms with Gasteiger partial charge in [-0.1, -0.05) is 15.9 Å². The van der Waals surface area contributed by atoms with Crippen molar-refractivity contribution < 1.29 is 4.79 Å². The first kappa shape index (κ1) is 15.4. The lowest BCUT2D eigenvalue weighted by atomic mass is 10.1. The van der Waals surface area contributed by atoms with Gasteiger partial charge in [-0.3, -0.25) is 15.0 Å². The van der Waals surface area contributed by atoms with Crippen LogP contribution in [-0.4, -0.2) is 26.7 Å². The number of rotatable bonds is 1. The molecule has 0 atom stereocenters. The molecule has 23 heavy (non-hydrogen) atoms. The molecule has 5 nitrogen and oxygen atoms in total. The number of hydrogen-bond acceptors (Lipinski definition) is 3. The molecule has 2 heterocycles. The number of carbonyl (C=O) groups excluding carboxylic acids is 1. The lowest BCUT2D eigenvalue weighted by Crippen LogP contribution is -1.78. The van der Waals surface area contributed by atoms with Gasteiger partial charge in [-0.25, -0.2) is 0 Å². The van der Waals surface area contributed by atoms with Crippen molar-refractivity contribution in [2.45, 2.75) is 13.8 Å². The number of aromatic nitrogens is 4. The summed E-state index contributed by atoms with van der Waals surface area (Å²) in [6.45, 7) is 3.90. The van der Waals surface area contributed by atoms with Crippen LogP contribution in [0.25, 0.3) is 21.8 Å². The van der Waals surface area contributed by atoms with E-state index < -0.39 is 0 Å². The van der Waals surface area contributed by atoms with E-state index in [1.807, 2.05) is 38.1 Å². The molecule has 0 fully saturated rings. The van der Waals surface area contributed by atoms with Gasteiger partial charge in [0.15, 0.2) is 0 Å². The largest absolute Gasteiger partial charge is 0.298 e. The number of nitrogens with one attached hydrogen (secondary N) is 2. The highest BCUT2D eigenvalue weighted by atomic mass is 79.9. The fourth-order valence-electron chi connectivity index (χ4n) is 2.35. The molecule has 0 aliphatic heterocycles. The van der Waals surface area contributed by atoms with Gasteiger partial charge in [-0.05, 0) is 50.2 Å². The third-order valence-corrected chi connectivity index (χ3v) is 4.12. The van der Waals surface area contributed by atoms with Crippen LogP contribution in [0.4, 0.5) is 0 Å². The smallest absolute Gasteiger partial charge is 0.150 e. The van der Waals surface area contributed by atoms with E-state index in [0.29, 0.717) is 5.56 Å². The lowest BCUT2D eigenvalue weighted by Gasteiger charge is -1.90. The summed E-state index contributed by atoms with van der Waals surface area (Å²) in [7, 11) is 0. The van der Waals surface area contributed by atoms with Crippen LogP contribution in [-0.2, 0) is 0 Å². The van der Waals surface area contributed by atoms with Gasteiger partial charge in [0.1, 0.15) is 6.29 Å². The van der Waals surface area contributed by atoms with Crippen LogP contribution in [0.15, 0.2) is 40.9 Å². The fraction of sp³-hybridized carbons (Fsp3) is 0.118. The second kappa shape index (κ2) is 6.34. The quantitative estimate of drug-likeness (QED) is 0.490. The van der Waals surface area contributed by atoms with Crippen LogP contribution in [0.1, 0.15) is 21.7 Å². The number of H-pyrrole nitrogens is 2. The third kappa shape index (κ3) is 3.17. The van der Waals surface area contributed by atoms with Crippen LogP contribution < -0.4 is 0 Å². The van der Waals surface area contributed by atoms with E-state index in [0.717, 1.165) is 38.6 Å². The van der Waals surface area contributed by atoms with E-state index in [-0.39, 0.29) is 0 Å². The minimum atomic E-state index is 0.687. The number of hydrogen-bond donors (Lipinski definition) is 2. The van der Waals surface area contributed by atoms with Crippen molar-refractivity contribution in [1.29, 1.82) is 0 Å². The van der Waals surface area contributed by atoms with Crippen LogP contribution in [0.5, 0.6) is 0 Å². The van der Waals surface area contributed by atoms with Crippen LogP contribution in [0.2, 0.25) is 0 Å². The van der Waals surface area contributed by atoms with Crippen molar-refractivity contribution in [1.82, 2.24) is 20.4 Å². The second-order valence-corrected chi connectivity index (χ2v) is 6.15. The summed E-state index contributed by atoms with van der Waals surface area (Å²) in [5.41, 5.74) is 4.71. The Morgan fingerprint density at radius 1 is 0.913 bits per heavy atom. The monoisotopic (exact) mass is 370 g/mol. The zero-order valence-electron chi connectivity index (χ0n) is 12.7.